The Morgan fingerprint density at radius 3 is 2.37 bits per heavy atom. The summed E-state index contributed by atoms with van der Waals surface area (Å²) >= 11 is 3.27. The molecule has 0 atom stereocenters. The Morgan fingerprint density at radius 2 is 1.74 bits per heavy atom. The van der Waals surface area contributed by atoms with Gasteiger partial charge in [0.05, 0.1) is 11.0 Å². The van der Waals surface area contributed by atoms with Gasteiger partial charge >= 0.3 is 0 Å². The maximum atomic E-state index is 14.9. The number of anilines is 2. The van der Waals surface area contributed by atoms with E-state index in [1.807, 2.05) is 0 Å². The second-order valence-corrected chi connectivity index (χ2v) is 6.47. The Morgan fingerprint density at radius 1 is 1.07 bits per heavy atom. The van der Waals surface area contributed by atoms with Crippen LogP contribution >= 0.6 is 15.9 Å². The van der Waals surface area contributed by atoms with Crippen LogP contribution < -0.4 is 10.1 Å². The minimum Gasteiger partial charge on any atom is -0.483 e. The normalized spacial score (nSPS) is 10.5. The molecule has 0 saturated heterocycles. The molecule has 0 heterocycles. The molecular formula is C19H13BrF2N2O3. The summed E-state index contributed by atoms with van der Waals surface area (Å²) < 4.78 is 35.2. The summed E-state index contributed by atoms with van der Waals surface area (Å²) in [5.41, 5.74) is -0.0790. The number of ether oxygens (including phenoxy) is 1. The molecule has 3 aromatic rings. The van der Waals surface area contributed by atoms with Crippen molar-refractivity contribution in [2.24, 2.45) is 0 Å². The fourth-order valence-electron chi connectivity index (χ4n) is 2.39. The van der Waals surface area contributed by atoms with E-state index in [4.69, 9.17) is 4.74 Å². The van der Waals surface area contributed by atoms with Crippen molar-refractivity contribution in [3.8, 4) is 5.75 Å². The Kier molecular flexibility index (Phi) is 5.66. The molecule has 27 heavy (non-hydrogen) atoms. The van der Waals surface area contributed by atoms with Crippen LogP contribution in [0.25, 0.3) is 0 Å². The zero-order valence-corrected chi connectivity index (χ0v) is 15.4. The van der Waals surface area contributed by atoms with Crippen molar-refractivity contribution in [3.05, 3.63) is 92.4 Å². The van der Waals surface area contributed by atoms with Crippen LogP contribution in [0.3, 0.4) is 0 Å². The summed E-state index contributed by atoms with van der Waals surface area (Å²) in [6.45, 7) is -0.0792. The number of benzene rings is 3. The Hall–Kier alpha value is -3.00. The second kappa shape index (κ2) is 8.13. The number of hydrogen-bond acceptors (Lipinski definition) is 4. The molecule has 0 aliphatic carbocycles. The van der Waals surface area contributed by atoms with Gasteiger partial charge in [-0.25, -0.2) is 8.78 Å². The first kappa shape index (κ1) is 18.8. The van der Waals surface area contributed by atoms with E-state index in [0.29, 0.717) is 17.3 Å². The Balaban J connectivity index is 1.96. The average molecular weight is 435 g/mol. The number of nitrogens with one attached hydrogen (secondary N) is 1. The first-order valence-corrected chi connectivity index (χ1v) is 8.60. The van der Waals surface area contributed by atoms with E-state index in [0.717, 1.165) is 4.47 Å². The van der Waals surface area contributed by atoms with Crippen LogP contribution in [0.5, 0.6) is 5.75 Å². The number of rotatable bonds is 6. The summed E-state index contributed by atoms with van der Waals surface area (Å²) in [5.74, 6) is -2.99. The zero-order chi connectivity index (χ0) is 19.4. The van der Waals surface area contributed by atoms with Crippen molar-refractivity contribution in [2.45, 2.75) is 6.61 Å². The fourth-order valence-corrected chi connectivity index (χ4v) is 2.66. The molecule has 0 unspecified atom stereocenters. The van der Waals surface area contributed by atoms with E-state index in [9.17, 15) is 18.9 Å². The molecule has 8 heteroatoms. The molecule has 0 bridgehead atoms. The van der Waals surface area contributed by atoms with Gasteiger partial charge in [0.2, 0.25) is 0 Å². The van der Waals surface area contributed by atoms with Crippen molar-refractivity contribution < 1.29 is 18.4 Å². The van der Waals surface area contributed by atoms with Crippen LogP contribution in [0.4, 0.5) is 25.8 Å². The molecule has 1 N–H and O–H groups in total. The highest BCUT2D eigenvalue weighted by atomic mass is 79.9. The van der Waals surface area contributed by atoms with Crippen molar-refractivity contribution in [2.75, 3.05) is 5.32 Å². The SMILES string of the molecule is O=[N+]([O-])c1cc(F)c(OCc2ccccc2)c(F)c1Nc1ccc(Br)cc1. The third-order valence-electron chi connectivity index (χ3n) is 3.69. The van der Waals surface area contributed by atoms with Gasteiger partial charge in [0, 0.05) is 10.2 Å². The molecule has 5 nitrogen and oxygen atoms in total. The van der Waals surface area contributed by atoms with Crippen molar-refractivity contribution in [1.29, 1.82) is 0 Å². The number of nitrogens with zero attached hydrogens (tertiary/aromatic N) is 1. The monoisotopic (exact) mass is 434 g/mol. The van der Waals surface area contributed by atoms with E-state index >= 15 is 0 Å². The first-order valence-electron chi connectivity index (χ1n) is 7.81. The van der Waals surface area contributed by atoms with Gasteiger partial charge in [0.1, 0.15) is 6.61 Å². The summed E-state index contributed by atoms with van der Waals surface area (Å²) in [5, 5.41) is 13.9. The molecule has 3 aromatic carbocycles. The Bertz CT molecular complexity index is 967. The molecule has 0 radical (unpaired) electrons. The molecule has 0 aromatic heterocycles. The molecule has 0 fully saturated rings. The molecule has 0 spiro atoms. The lowest BCUT2D eigenvalue weighted by molar-refractivity contribution is -0.384. The summed E-state index contributed by atoms with van der Waals surface area (Å²) in [6, 6.07) is 16.0. The maximum absolute atomic E-state index is 14.9. The highest BCUT2D eigenvalue weighted by molar-refractivity contribution is 9.10. The minimum atomic E-state index is -1.17. The molecule has 0 aliphatic heterocycles. The number of nitro groups is 1. The lowest BCUT2D eigenvalue weighted by Gasteiger charge is -2.13. The fraction of sp³-hybridized carbons (Fsp3) is 0.0526. The van der Waals surface area contributed by atoms with Gasteiger partial charge in [0.15, 0.2) is 23.1 Å². The van der Waals surface area contributed by atoms with Gasteiger partial charge in [0.25, 0.3) is 5.69 Å². The Labute approximate surface area is 161 Å². The minimum absolute atomic E-state index is 0.0792. The molecule has 0 amide bonds. The van der Waals surface area contributed by atoms with Crippen molar-refractivity contribution in [1.82, 2.24) is 0 Å². The standard InChI is InChI=1S/C19H13BrF2N2O3/c20-13-6-8-14(9-7-13)23-18-16(24(25)26)10-15(21)19(17(18)22)27-11-12-4-2-1-3-5-12/h1-10,23H,11H2. The van der Waals surface area contributed by atoms with Gasteiger partial charge in [-0.3, -0.25) is 10.1 Å². The van der Waals surface area contributed by atoms with Gasteiger partial charge < -0.3 is 10.1 Å². The third kappa shape index (κ3) is 4.40. The number of nitro benzene ring substituents is 1. The summed E-state index contributed by atoms with van der Waals surface area (Å²) in [7, 11) is 0. The summed E-state index contributed by atoms with van der Waals surface area (Å²) in [4.78, 5) is 10.4. The lowest BCUT2D eigenvalue weighted by atomic mass is 10.2. The van der Waals surface area contributed by atoms with Crippen LogP contribution in [-0.4, -0.2) is 4.92 Å². The topological polar surface area (TPSA) is 64.4 Å². The third-order valence-corrected chi connectivity index (χ3v) is 4.22. The smallest absolute Gasteiger partial charge is 0.298 e. The highest BCUT2D eigenvalue weighted by Gasteiger charge is 2.27. The van der Waals surface area contributed by atoms with Gasteiger partial charge in [-0.15, -0.1) is 0 Å². The molecule has 0 saturated carbocycles. The first-order chi connectivity index (χ1) is 13.0. The zero-order valence-electron chi connectivity index (χ0n) is 13.8. The van der Waals surface area contributed by atoms with Gasteiger partial charge in [-0.1, -0.05) is 46.3 Å². The predicted octanol–water partition coefficient (Wildman–Crippen LogP) is 5.96. The molecule has 138 valence electrons. The van der Waals surface area contributed by atoms with E-state index in [1.54, 1.807) is 54.6 Å². The van der Waals surface area contributed by atoms with Gasteiger partial charge in [-0.05, 0) is 29.8 Å². The molecule has 3 rings (SSSR count). The van der Waals surface area contributed by atoms with Crippen LogP contribution in [0.15, 0.2) is 65.1 Å². The van der Waals surface area contributed by atoms with E-state index in [2.05, 4.69) is 21.2 Å². The largest absolute Gasteiger partial charge is 0.483 e. The van der Waals surface area contributed by atoms with Crippen LogP contribution in [0.1, 0.15) is 5.56 Å². The van der Waals surface area contributed by atoms with E-state index in [1.165, 1.54) is 0 Å². The van der Waals surface area contributed by atoms with E-state index < -0.39 is 33.7 Å². The predicted molar refractivity (Wildman–Crippen MR) is 101 cm³/mol. The average Bonchev–Trinajstić information content (AvgIpc) is 2.66. The molecule has 0 aliphatic rings. The van der Waals surface area contributed by atoms with Gasteiger partial charge in [-0.2, -0.15) is 0 Å². The lowest BCUT2D eigenvalue weighted by Crippen LogP contribution is -2.06. The summed E-state index contributed by atoms with van der Waals surface area (Å²) in [6.07, 6.45) is 0. The van der Waals surface area contributed by atoms with Crippen molar-refractivity contribution in [3.63, 3.8) is 0 Å². The second-order valence-electron chi connectivity index (χ2n) is 5.56. The van der Waals surface area contributed by atoms with Crippen molar-refractivity contribution >= 4 is 33.0 Å². The number of hydrogen-bond donors (Lipinski definition) is 1. The maximum Gasteiger partial charge on any atom is 0.298 e. The highest BCUT2D eigenvalue weighted by Crippen LogP contribution is 2.38. The van der Waals surface area contributed by atoms with Crippen LogP contribution in [-0.2, 0) is 6.61 Å². The van der Waals surface area contributed by atoms with E-state index in [-0.39, 0.29) is 6.61 Å². The molecular weight excluding hydrogens is 422 g/mol. The quantitative estimate of drug-likeness (QED) is 0.384. The van der Waals surface area contributed by atoms with Crippen LogP contribution in [0, 0.1) is 21.7 Å². The van der Waals surface area contributed by atoms with Crippen LogP contribution in [0.2, 0.25) is 0 Å². The number of halogens is 3.